The first-order chi connectivity index (χ1) is 13.9. The third kappa shape index (κ3) is 5.63. The van der Waals surface area contributed by atoms with Crippen molar-refractivity contribution in [3.63, 3.8) is 0 Å². The zero-order valence-corrected chi connectivity index (χ0v) is 17.6. The molecule has 0 bridgehead atoms. The van der Waals surface area contributed by atoms with Gasteiger partial charge in [0.05, 0.1) is 7.11 Å². The van der Waals surface area contributed by atoms with Crippen molar-refractivity contribution in [3.05, 3.63) is 29.8 Å². The van der Waals surface area contributed by atoms with E-state index >= 15 is 0 Å². The lowest BCUT2D eigenvalue weighted by atomic mass is 9.74. The Hall–Kier alpha value is -2.28. The molecule has 1 aromatic carbocycles. The minimum absolute atomic E-state index is 0.0122. The van der Waals surface area contributed by atoms with Gasteiger partial charge in [0.25, 0.3) is 0 Å². The number of ether oxygens (including phenoxy) is 2. The normalized spacial score (nSPS) is 19.3. The summed E-state index contributed by atoms with van der Waals surface area (Å²) in [7, 11) is 1.65. The number of methoxy groups -OCH3 is 1. The van der Waals surface area contributed by atoms with Crippen molar-refractivity contribution in [1.29, 1.82) is 0 Å². The van der Waals surface area contributed by atoms with Crippen LogP contribution in [0.5, 0.6) is 5.75 Å². The Balaban J connectivity index is 1.63. The van der Waals surface area contributed by atoms with Gasteiger partial charge in [-0.3, -0.25) is 4.79 Å². The number of rotatable bonds is 8. The van der Waals surface area contributed by atoms with Crippen molar-refractivity contribution >= 4 is 11.9 Å². The lowest BCUT2D eigenvalue weighted by Gasteiger charge is -2.38. The number of carbonyl (C=O) groups excluding carboxylic acids is 2. The molecule has 1 aliphatic heterocycles. The number of amides is 3. The molecule has 3 rings (SSSR count). The van der Waals surface area contributed by atoms with E-state index < -0.39 is 6.04 Å². The lowest BCUT2D eigenvalue weighted by Crippen LogP contribution is -2.55. The summed E-state index contributed by atoms with van der Waals surface area (Å²) in [5, 5.41) is 8.86. The molecule has 1 atom stereocenters. The largest absolute Gasteiger partial charge is 0.497 e. The molecule has 0 radical (unpaired) electrons. The third-order valence-electron chi connectivity index (χ3n) is 5.90. The van der Waals surface area contributed by atoms with Crippen LogP contribution in [0, 0.1) is 5.92 Å². The molecule has 1 aliphatic carbocycles. The molecule has 2 aliphatic rings. The van der Waals surface area contributed by atoms with E-state index in [1.807, 2.05) is 26.0 Å². The van der Waals surface area contributed by atoms with E-state index in [1.165, 1.54) is 0 Å². The Morgan fingerprint density at radius 1 is 1.17 bits per heavy atom. The van der Waals surface area contributed by atoms with Crippen LogP contribution in [0.1, 0.15) is 45.1 Å². The van der Waals surface area contributed by atoms with Crippen LogP contribution in [0.3, 0.4) is 0 Å². The summed E-state index contributed by atoms with van der Waals surface area (Å²) in [6.45, 7) is 5.69. The highest BCUT2D eigenvalue weighted by Crippen LogP contribution is 2.35. The van der Waals surface area contributed by atoms with Gasteiger partial charge in [0.1, 0.15) is 11.8 Å². The zero-order valence-electron chi connectivity index (χ0n) is 17.6. The van der Waals surface area contributed by atoms with Crippen molar-refractivity contribution in [2.24, 2.45) is 5.92 Å². The Morgan fingerprint density at radius 3 is 2.38 bits per heavy atom. The number of carbonyl (C=O) groups is 2. The Kier molecular flexibility index (Phi) is 7.00. The first-order valence-electron chi connectivity index (χ1n) is 10.5. The van der Waals surface area contributed by atoms with Crippen LogP contribution in [0.2, 0.25) is 0 Å². The fourth-order valence-electron chi connectivity index (χ4n) is 3.77. The minimum atomic E-state index is -0.540. The van der Waals surface area contributed by atoms with Gasteiger partial charge in [0.2, 0.25) is 5.91 Å². The van der Waals surface area contributed by atoms with Gasteiger partial charge in [0, 0.05) is 31.2 Å². The first kappa shape index (κ1) is 21.4. The smallest absolute Gasteiger partial charge is 0.315 e. The molecule has 1 unspecified atom stereocenters. The average Bonchev–Trinajstić information content (AvgIpc) is 3.55. The summed E-state index contributed by atoms with van der Waals surface area (Å²) >= 11 is 0. The number of benzene rings is 1. The molecule has 2 fully saturated rings. The average molecular weight is 404 g/mol. The highest BCUT2D eigenvalue weighted by atomic mass is 16.5. The maximum atomic E-state index is 12.6. The van der Waals surface area contributed by atoms with Crippen LogP contribution in [0.25, 0.3) is 0 Å². The summed E-state index contributed by atoms with van der Waals surface area (Å²) in [4.78, 5) is 25.1. The first-order valence-corrected chi connectivity index (χ1v) is 10.5. The summed E-state index contributed by atoms with van der Waals surface area (Å²) in [5.74, 6) is 0.717. The predicted octanol–water partition coefficient (Wildman–Crippen LogP) is 2.35. The maximum Gasteiger partial charge on any atom is 0.315 e. The van der Waals surface area contributed by atoms with Crippen LogP contribution in [-0.4, -0.2) is 50.9 Å². The molecular weight excluding hydrogens is 370 g/mol. The Morgan fingerprint density at radius 2 is 1.83 bits per heavy atom. The SMILES string of the molecule is COc1ccc(C2(CNC(=O)NC(C(=O)NC3CC3)C(C)C)CCOCC2)cc1. The molecule has 29 heavy (non-hydrogen) atoms. The summed E-state index contributed by atoms with van der Waals surface area (Å²) < 4.78 is 10.8. The van der Waals surface area contributed by atoms with Gasteiger partial charge in [-0.1, -0.05) is 26.0 Å². The minimum Gasteiger partial charge on any atom is -0.497 e. The van der Waals surface area contributed by atoms with Gasteiger partial charge < -0.3 is 25.4 Å². The molecular formula is C22H33N3O4. The summed E-state index contributed by atoms with van der Waals surface area (Å²) in [6.07, 6.45) is 3.70. The molecule has 0 spiro atoms. The molecule has 1 aromatic rings. The standard InChI is InChI=1S/C22H33N3O4/c1-15(2)19(20(26)24-17-6-7-17)25-21(27)23-14-22(10-12-29-13-11-22)16-4-8-18(28-3)9-5-16/h4-5,8-9,15,17,19H,6-7,10-14H2,1-3H3,(H,24,26)(H2,23,25,27). The summed E-state index contributed by atoms with van der Waals surface area (Å²) in [5.41, 5.74) is 0.972. The number of hydrogen-bond donors (Lipinski definition) is 3. The van der Waals surface area contributed by atoms with Gasteiger partial charge in [0.15, 0.2) is 0 Å². The molecule has 7 nitrogen and oxygen atoms in total. The van der Waals surface area contributed by atoms with E-state index in [1.54, 1.807) is 7.11 Å². The van der Waals surface area contributed by atoms with E-state index in [0.717, 1.165) is 37.0 Å². The zero-order chi connectivity index (χ0) is 20.9. The quantitative estimate of drug-likeness (QED) is 0.622. The van der Waals surface area contributed by atoms with E-state index in [-0.39, 0.29) is 29.3 Å². The second kappa shape index (κ2) is 9.48. The molecule has 160 valence electrons. The van der Waals surface area contributed by atoms with Crippen molar-refractivity contribution in [2.45, 2.75) is 57.0 Å². The fraction of sp³-hybridized carbons (Fsp3) is 0.636. The number of urea groups is 1. The van der Waals surface area contributed by atoms with Gasteiger partial charge >= 0.3 is 6.03 Å². The molecule has 0 aromatic heterocycles. The fourth-order valence-corrected chi connectivity index (χ4v) is 3.77. The highest BCUT2D eigenvalue weighted by molar-refractivity contribution is 5.87. The Bertz CT molecular complexity index is 695. The van der Waals surface area contributed by atoms with Gasteiger partial charge in [-0.15, -0.1) is 0 Å². The topological polar surface area (TPSA) is 88.7 Å². The second-order valence-electron chi connectivity index (χ2n) is 8.45. The third-order valence-corrected chi connectivity index (χ3v) is 5.90. The number of nitrogens with one attached hydrogen (secondary N) is 3. The van der Waals surface area contributed by atoms with Crippen LogP contribution >= 0.6 is 0 Å². The van der Waals surface area contributed by atoms with Crippen molar-refractivity contribution in [2.75, 3.05) is 26.9 Å². The van der Waals surface area contributed by atoms with E-state index in [2.05, 4.69) is 28.1 Å². The highest BCUT2D eigenvalue weighted by Gasteiger charge is 2.36. The molecule has 1 saturated carbocycles. The van der Waals surface area contributed by atoms with Crippen LogP contribution in [-0.2, 0) is 14.9 Å². The second-order valence-corrected chi connectivity index (χ2v) is 8.45. The van der Waals surface area contributed by atoms with Crippen LogP contribution in [0.4, 0.5) is 4.79 Å². The van der Waals surface area contributed by atoms with E-state index in [9.17, 15) is 9.59 Å². The lowest BCUT2D eigenvalue weighted by molar-refractivity contribution is -0.124. The predicted molar refractivity (Wildman–Crippen MR) is 111 cm³/mol. The van der Waals surface area contributed by atoms with Gasteiger partial charge in [-0.2, -0.15) is 0 Å². The Labute approximate surface area is 172 Å². The monoisotopic (exact) mass is 403 g/mol. The van der Waals surface area contributed by atoms with Crippen LogP contribution < -0.4 is 20.7 Å². The van der Waals surface area contributed by atoms with Crippen LogP contribution in [0.15, 0.2) is 24.3 Å². The molecule has 7 heteroatoms. The number of hydrogen-bond acceptors (Lipinski definition) is 4. The van der Waals surface area contributed by atoms with Crippen molar-refractivity contribution in [1.82, 2.24) is 16.0 Å². The van der Waals surface area contributed by atoms with Crippen molar-refractivity contribution in [3.8, 4) is 5.75 Å². The van der Waals surface area contributed by atoms with Crippen molar-refractivity contribution < 1.29 is 19.1 Å². The maximum absolute atomic E-state index is 12.6. The van der Waals surface area contributed by atoms with Gasteiger partial charge in [-0.25, -0.2) is 4.79 Å². The molecule has 3 amide bonds. The van der Waals surface area contributed by atoms with E-state index in [0.29, 0.717) is 19.8 Å². The van der Waals surface area contributed by atoms with Gasteiger partial charge in [-0.05, 0) is 49.3 Å². The molecule has 1 saturated heterocycles. The van der Waals surface area contributed by atoms with E-state index in [4.69, 9.17) is 9.47 Å². The molecule has 1 heterocycles. The summed E-state index contributed by atoms with van der Waals surface area (Å²) in [6, 6.07) is 7.44. The molecule has 3 N–H and O–H groups in total.